The van der Waals surface area contributed by atoms with Gasteiger partial charge in [0, 0.05) is 12.1 Å². The molecule has 0 aliphatic carbocycles. The standard InChI is InChI=1S/C22H27N3O3S/c1-13-11-17(29(27,28)25-10-4-5-20(25)15(3)26)7-9-18(13)19-8-6-16-12-24-22(23)21(16)14(19)2/h6-9,11,15,20,26H,4-5,10,12H2,1-3H3,(H2,23,24)/t15?,20-/m0/s1. The number of aliphatic imine (C=N–C) groups is 1. The monoisotopic (exact) mass is 413 g/mol. The molecule has 0 spiro atoms. The first-order chi connectivity index (χ1) is 13.7. The van der Waals surface area contributed by atoms with Crippen molar-refractivity contribution in [2.45, 2.75) is 57.2 Å². The van der Waals surface area contributed by atoms with Crippen molar-refractivity contribution in [1.29, 1.82) is 0 Å². The van der Waals surface area contributed by atoms with Crippen LogP contribution in [0.3, 0.4) is 0 Å². The van der Waals surface area contributed by atoms with Crippen LogP contribution in [0.1, 0.15) is 42.0 Å². The number of nitrogens with zero attached hydrogens (tertiary/aromatic N) is 2. The smallest absolute Gasteiger partial charge is 0.243 e. The third kappa shape index (κ3) is 3.27. The van der Waals surface area contributed by atoms with E-state index in [1.165, 1.54) is 4.31 Å². The number of hydrogen-bond donors (Lipinski definition) is 2. The fourth-order valence-electron chi connectivity index (χ4n) is 4.58. The topological polar surface area (TPSA) is 96.0 Å². The quantitative estimate of drug-likeness (QED) is 0.806. The van der Waals surface area contributed by atoms with Crippen molar-refractivity contribution in [2.75, 3.05) is 6.54 Å². The predicted octanol–water partition coefficient (Wildman–Crippen LogP) is 2.72. The molecular weight excluding hydrogens is 386 g/mol. The summed E-state index contributed by atoms with van der Waals surface area (Å²) in [5.74, 6) is 0.564. The van der Waals surface area contributed by atoms with Crippen molar-refractivity contribution in [2.24, 2.45) is 10.7 Å². The molecule has 0 amide bonds. The Morgan fingerprint density at radius 1 is 1.21 bits per heavy atom. The highest BCUT2D eigenvalue weighted by atomic mass is 32.2. The molecule has 0 bridgehead atoms. The number of sulfonamides is 1. The Morgan fingerprint density at radius 2 is 1.93 bits per heavy atom. The van der Waals surface area contributed by atoms with Crippen molar-refractivity contribution in [3.8, 4) is 11.1 Å². The van der Waals surface area contributed by atoms with E-state index in [0.29, 0.717) is 25.3 Å². The van der Waals surface area contributed by atoms with Crippen LogP contribution in [-0.2, 0) is 16.6 Å². The van der Waals surface area contributed by atoms with Gasteiger partial charge in [0.05, 0.1) is 23.6 Å². The number of rotatable bonds is 4. The summed E-state index contributed by atoms with van der Waals surface area (Å²) in [5.41, 5.74) is 12.2. The Morgan fingerprint density at radius 3 is 2.62 bits per heavy atom. The predicted molar refractivity (Wildman–Crippen MR) is 114 cm³/mol. The van der Waals surface area contributed by atoms with Crippen LogP contribution in [-0.4, -0.2) is 42.4 Å². The SMILES string of the molecule is Cc1cc(S(=O)(=O)N2CCC[C@H]2C(C)O)ccc1-c1ccc2c(c1C)C(N)=NC2. The first-order valence-corrected chi connectivity index (χ1v) is 11.4. The van der Waals surface area contributed by atoms with E-state index in [0.717, 1.165) is 39.8 Å². The van der Waals surface area contributed by atoms with Crippen LogP contribution in [0.15, 0.2) is 40.2 Å². The molecular formula is C22H27N3O3S. The third-order valence-electron chi connectivity index (χ3n) is 6.13. The lowest BCUT2D eigenvalue weighted by atomic mass is 9.91. The van der Waals surface area contributed by atoms with Crippen LogP contribution in [0.5, 0.6) is 0 Å². The van der Waals surface area contributed by atoms with E-state index in [-0.39, 0.29) is 10.9 Å². The summed E-state index contributed by atoms with van der Waals surface area (Å²) >= 11 is 0. The van der Waals surface area contributed by atoms with Crippen molar-refractivity contribution >= 4 is 15.9 Å². The highest BCUT2D eigenvalue weighted by Crippen LogP contribution is 2.35. The molecule has 7 heteroatoms. The molecule has 0 saturated carbocycles. The molecule has 6 nitrogen and oxygen atoms in total. The van der Waals surface area contributed by atoms with Crippen LogP contribution in [0.2, 0.25) is 0 Å². The van der Waals surface area contributed by atoms with E-state index in [2.05, 4.69) is 11.1 Å². The molecule has 2 aliphatic heterocycles. The van der Waals surface area contributed by atoms with Gasteiger partial charge < -0.3 is 10.8 Å². The van der Waals surface area contributed by atoms with Crippen LogP contribution >= 0.6 is 0 Å². The Bertz CT molecular complexity index is 1110. The average Bonchev–Trinajstić information content (AvgIpc) is 3.30. The lowest BCUT2D eigenvalue weighted by Crippen LogP contribution is -2.41. The fourth-order valence-corrected chi connectivity index (χ4v) is 6.42. The maximum Gasteiger partial charge on any atom is 0.243 e. The van der Waals surface area contributed by atoms with Crippen molar-refractivity contribution in [3.63, 3.8) is 0 Å². The van der Waals surface area contributed by atoms with E-state index in [4.69, 9.17) is 5.73 Å². The molecule has 2 aliphatic rings. The number of nitrogens with two attached hydrogens (primary N) is 1. The minimum absolute atomic E-state index is 0.270. The maximum atomic E-state index is 13.2. The van der Waals surface area contributed by atoms with E-state index in [1.807, 2.05) is 26.0 Å². The lowest BCUT2D eigenvalue weighted by molar-refractivity contribution is 0.123. The van der Waals surface area contributed by atoms with E-state index in [1.54, 1.807) is 19.1 Å². The minimum Gasteiger partial charge on any atom is -0.392 e. The average molecular weight is 414 g/mol. The normalized spacial score (nSPS) is 20.6. The second-order valence-corrected chi connectivity index (χ2v) is 9.91. The largest absolute Gasteiger partial charge is 0.392 e. The van der Waals surface area contributed by atoms with Gasteiger partial charge in [-0.05, 0) is 73.6 Å². The van der Waals surface area contributed by atoms with Gasteiger partial charge in [-0.15, -0.1) is 0 Å². The Kier molecular flexibility index (Phi) is 5.01. The summed E-state index contributed by atoms with van der Waals surface area (Å²) in [6.45, 7) is 6.66. The van der Waals surface area contributed by atoms with Gasteiger partial charge in [0.1, 0.15) is 5.84 Å². The minimum atomic E-state index is -3.65. The van der Waals surface area contributed by atoms with Gasteiger partial charge in [-0.2, -0.15) is 4.31 Å². The number of benzene rings is 2. The molecule has 2 heterocycles. The number of hydrogen-bond acceptors (Lipinski definition) is 5. The third-order valence-corrected chi connectivity index (χ3v) is 8.05. The van der Waals surface area contributed by atoms with Gasteiger partial charge in [0.2, 0.25) is 10.0 Å². The van der Waals surface area contributed by atoms with Crippen LogP contribution < -0.4 is 5.73 Å². The summed E-state index contributed by atoms with van der Waals surface area (Å²) in [7, 11) is -3.65. The second-order valence-electron chi connectivity index (χ2n) is 8.02. The highest BCUT2D eigenvalue weighted by Gasteiger charge is 2.37. The molecule has 154 valence electrons. The molecule has 2 atom stereocenters. The van der Waals surface area contributed by atoms with Gasteiger partial charge in [0.25, 0.3) is 0 Å². The highest BCUT2D eigenvalue weighted by molar-refractivity contribution is 7.89. The second kappa shape index (κ2) is 7.23. The molecule has 2 aromatic rings. The molecule has 2 aromatic carbocycles. The molecule has 29 heavy (non-hydrogen) atoms. The fraction of sp³-hybridized carbons (Fsp3) is 0.409. The van der Waals surface area contributed by atoms with Gasteiger partial charge in [-0.3, -0.25) is 4.99 Å². The molecule has 1 fully saturated rings. The number of aliphatic hydroxyl groups is 1. The van der Waals surface area contributed by atoms with Crippen LogP contribution in [0.25, 0.3) is 11.1 Å². The maximum absolute atomic E-state index is 13.2. The van der Waals surface area contributed by atoms with Crippen molar-refractivity contribution < 1.29 is 13.5 Å². The number of aryl methyl sites for hydroxylation is 1. The molecule has 4 rings (SSSR count). The summed E-state index contributed by atoms with van der Waals surface area (Å²) in [6, 6.07) is 9.00. The zero-order chi connectivity index (χ0) is 20.9. The summed E-state index contributed by atoms with van der Waals surface area (Å²) < 4.78 is 27.8. The van der Waals surface area contributed by atoms with E-state index in [9.17, 15) is 13.5 Å². The summed E-state index contributed by atoms with van der Waals surface area (Å²) in [4.78, 5) is 4.59. The summed E-state index contributed by atoms with van der Waals surface area (Å²) in [6.07, 6.45) is 0.767. The van der Waals surface area contributed by atoms with Crippen LogP contribution in [0, 0.1) is 13.8 Å². The molecule has 3 N–H and O–H groups in total. The van der Waals surface area contributed by atoms with Gasteiger partial charge in [-0.25, -0.2) is 8.42 Å². The number of aliphatic hydroxyl groups excluding tert-OH is 1. The molecule has 0 aromatic heterocycles. The number of fused-ring (bicyclic) bond motifs is 1. The van der Waals surface area contributed by atoms with Crippen molar-refractivity contribution in [1.82, 2.24) is 4.31 Å². The first kappa shape index (κ1) is 20.1. The molecule has 1 unspecified atom stereocenters. The lowest BCUT2D eigenvalue weighted by Gasteiger charge is -2.26. The van der Waals surface area contributed by atoms with Crippen LogP contribution in [0.4, 0.5) is 0 Å². The Labute approximate surface area is 172 Å². The Hall–Kier alpha value is -2.22. The van der Waals surface area contributed by atoms with Gasteiger partial charge >= 0.3 is 0 Å². The first-order valence-electron chi connectivity index (χ1n) is 9.95. The zero-order valence-corrected chi connectivity index (χ0v) is 17.8. The van der Waals surface area contributed by atoms with Crippen molar-refractivity contribution in [3.05, 3.63) is 52.6 Å². The van der Waals surface area contributed by atoms with E-state index < -0.39 is 16.1 Å². The molecule has 0 radical (unpaired) electrons. The van der Waals surface area contributed by atoms with Gasteiger partial charge in [0.15, 0.2) is 0 Å². The molecule has 1 saturated heterocycles. The zero-order valence-electron chi connectivity index (χ0n) is 17.0. The van der Waals surface area contributed by atoms with Gasteiger partial charge in [-0.1, -0.05) is 18.2 Å². The number of amidine groups is 1. The Balaban J connectivity index is 1.73. The summed E-state index contributed by atoms with van der Waals surface area (Å²) in [5, 5.41) is 9.98. The van der Waals surface area contributed by atoms with E-state index >= 15 is 0 Å².